The number of carbonyl (C=O) groups excluding carboxylic acids is 1. The van der Waals surface area contributed by atoms with E-state index in [4.69, 9.17) is 17.3 Å². The highest BCUT2D eigenvalue weighted by Gasteiger charge is 2.17. The number of nitrogens with two attached hydrogens (primary N) is 1. The van der Waals surface area contributed by atoms with Crippen molar-refractivity contribution in [3.8, 4) is 0 Å². The summed E-state index contributed by atoms with van der Waals surface area (Å²) in [6.07, 6.45) is 0. The molecule has 0 aromatic heterocycles. The van der Waals surface area contributed by atoms with E-state index in [1.165, 1.54) is 0 Å². The van der Waals surface area contributed by atoms with E-state index in [-0.39, 0.29) is 11.8 Å². The summed E-state index contributed by atoms with van der Waals surface area (Å²) in [6.45, 7) is 3.81. The van der Waals surface area contributed by atoms with Crippen LogP contribution in [0.1, 0.15) is 13.8 Å². The monoisotopic (exact) mass is 304 g/mol. The zero-order valence-electron chi connectivity index (χ0n) is 9.13. The number of rotatable bonds is 3. The highest BCUT2D eigenvalue weighted by atomic mass is 79.9. The first-order valence-corrected chi connectivity index (χ1v) is 6.10. The summed E-state index contributed by atoms with van der Waals surface area (Å²) in [5.74, 6) is -0.0934. The molecule has 3 nitrogen and oxygen atoms in total. The van der Waals surface area contributed by atoms with Crippen molar-refractivity contribution in [2.45, 2.75) is 19.9 Å². The van der Waals surface area contributed by atoms with Crippen molar-refractivity contribution in [2.24, 2.45) is 11.7 Å². The number of halogens is 2. The number of amides is 1. The lowest BCUT2D eigenvalue weighted by Gasteiger charge is -2.16. The van der Waals surface area contributed by atoms with Gasteiger partial charge in [0.1, 0.15) is 0 Å². The molecule has 0 unspecified atom stereocenters. The van der Waals surface area contributed by atoms with Crippen molar-refractivity contribution in [3.63, 3.8) is 0 Å². The predicted molar refractivity (Wildman–Crippen MR) is 70.6 cm³/mol. The van der Waals surface area contributed by atoms with Gasteiger partial charge in [0.05, 0.1) is 11.7 Å². The summed E-state index contributed by atoms with van der Waals surface area (Å²) in [4.78, 5) is 11.7. The smallest absolute Gasteiger partial charge is 0.241 e. The summed E-state index contributed by atoms with van der Waals surface area (Å²) in [7, 11) is 0. The molecule has 5 heteroatoms. The molecule has 88 valence electrons. The second-order valence-corrected chi connectivity index (χ2v) is 5.17. The number of hydrogen-bond acceptors (Lipinski definition) is 2. The van der Waals surface area contributed by atoms with Crippen LogP contribution in [0.3, 0.4) is 0 Å². The molecule has 1 atom stereocenters. The molecule has 0 aliphatic carbocycles. The molecule has 0 spiro atoms. The Hall–Kier alpha value is -0.580. The zero-order valence-corrected chi connectivity index (χ0v) is 11.5. The van der Waals surface area contributed by atoms with Gasteiger partial charge in [0.25, 0.3) is 0 Å². The molecule has 1 amide bonds. The Morgan fingerprint density at radius 1 is 1.50 bits per heavy atom. The maximum Gasteiger partial charge on any atom is 0.241 e. The summed E-state index contributed by atoms with van der Waals surface area (Å²) < 4.78 is 0.740. The molecule has 0 saturated heterocycles. The first-order valence-electron chi connectivity index (χ1n) is 4.93. The van der Waals surface area contributed by atoms with Crippen LogP contribution in [0.2, 0.25) is 5.02 Å². The Morgan fingerprint density at radius 3 is 2.62 bits per heavy atom. The quantitative estimate of drug-likeness (QED) is 0.902. The van der Waals surface area contributed by atoms with E-state index in [1.54, 1.807) is 18.2 Å². The Kier molecular flexibility index (Phi) is 4.77. The van der Waals surface area contributed by atoms with Crippen LogP contribution in [-0.4, -0.2) is 11.9 Å². The van der Waals surface area contributed by atoms with Gasteiger partial charge in [-0.15, -0.1) is 0 Å². The fourth-order valence-corrected chi connectivity index (χ4v) is 1.89. The number of hydrogen-bond donors (Lipinski definition) is 2. The molecule has 0 saturated carbocycles. The van der Waals surface area contributed by atoms with E-state index in [9.17, 15) is 4.79 Å². The van der Waals surface area contributed by atoms with E-state index in [0.717, 1.165) is 4.47 Å². The highest BCUT2D eigenvalue weighted by Crippen LogP contribution is 2.26. The third-order valence-electron chi connectivity index (χ3n) is 2.21. The van der Waals surface area contributed by atoms with Gasteiger partial charge in [0.15, 0.2) is 0 Å². The maximum absolute atomic E-state index is 11.7. The lowest BCUT2D eigenvalue weighted by Crippen LogP contribution is -2.39. The fraction of sp³-hybridized carbons (Fsp3) is 0.364. The van der Waals surface area contributed by atoms with Gasteiger partial charge < -0.3 is 11.1 Å². The van der Waals surface area contributed by atoms with Crippen molar-refractivity contribution < 1.29 is 4.79 Å². The third kappa shape index (κ3) is 3.47. The van der Waals surface area contributed by atoms with Gasteiger partial charge in [0.2, 0.25) is 5.91 Å². The van der Waals surface area contributed by atoms with Crippen LogP contribution < -0.4 is 11.1 Å². The number of anilines is 1. The van der Waals surface area contributed by atoms with Gasteiger partial charge >= 0.3 is 0 Å². The van der Waals surface area contributed by atoms with Crippen molar-refractivity contribution >= 4 is 39.1 Å². The minimum atomic E-state index is -0.512. The normalized spacial score (nSPS) is 12.6. The van der Waals surface area contributed by atoms with Gasteiger partial charge in [-0.3, -0.25) is 4.79 Å². The number of benzene rings is 1. The van der Waals surface area contributed by atoms with Crippen LogP contribution in [0.25, 0.3) is 0 Å². The average molecular weight is 306 g/mol. The topological polar surface area (TPSA) is 55.1 Å². The summed E-state index contributed by atoms with van der Waals surface area (Å²) in [6, 6.07) is 4.65. The SMILES string of the molecule is CC(C)[C@H](N)C(=O)Nc1ccc(Cl)cc1Br. The molecule has 0 fully saturated rings. The van der Waals surface area contributed by atoms with Crippen molar-refractivity contribution in [1.29, 1.82) is 0 Å². The standard InChI is InChI=1S/C11H14BrClN2O/c1-6(2)10(14)11(16)15-9-4-3-7(13)5-8(9)12/h3-6,10H,14H2,1-2H3,(H,15,16)/t10-/m0/s1. The summed E-state index contributed by atoms with van der Waals surface area (Å²) in [5.41, 5.74) is 6.41. The van der Waals surface area contributed by atoms with Crippen molar-refractivity contribution in [2.75, 3.05) is 5.32 Å². The van der Waals surface area contributed by atoms with Crippen LogP contribution in [0.15, 0.2) is 22.7 Å². The molecule has 0 bridgehead atoms. The van der Waals surface area contributed by atoms with E-state index in [2.05, 4.69) is 21.2 Å². The zero-order chi connectivity index (χ0) is 12.3. The Bertz CT molecular complexity index is 396. The lowest BCUT2D eigenvalue weighted by molar-refractivity contribution is -0.118. The van der Waals surface area contributed by atoms with Crippen LogP contribution in [0.5, 0.6) is 0 Å². The number of nitrogens with one attached hydrogen (secondary N) is 1. The van der Waals surface area contributed by atoms with Gasteiger partial charge in [-0.2, -0.15) is 0 Å². The molecule has 0 radical (unpaired) electrons. The molecule has 0 heterocycles. The molecule has 0 aliphatic heterocycles. The molecule has 1 aromatic carbocycles. The predicted octanol–water partition coefficient (Wildman–Crippen LogP) is 3.02. The largest absolute Gasteiger partial charge is 0.324 e. The molecule has 0 aliphatic rings. The van der Waals surface area contributed by atoms with Crippen LogP contribution in [0.4, 0.5) is 5.69 Å². The Balaban J connectivity index is 2.77. The van der Waals surface area contributed by atoms with E-state index < -0.39 is 6.04 Å². The molecular weight excluding hydrogens is 291 g/mol. The molecule has 1 rings (SSSR count). The highest BCUT2D eigenvalue weighted by molar-refractivity contribution is 9.10. The number of carbonyl (C=O) groups is 1. The molecule has 1 aromatic rings. The summed E-state index contributed by atoms with van der Waals surface area (Å²) >= 11 is 9.12. The van der Waals surface area contributed by atoms with Gasteiger partial charge in [-0.1, -0.05) is 25.4 Å². The molecule has 3 N–H and O–H groups in total. The van der Waals surface area contributed by atoms with Crippen LogP contribution in [-0.2, 0) is 4.79 Å². The van der Waals surface area contributed by atoms with Crippen LogP contribution in [0, 0.1) is 5.92 Å². The second kappa shape index (κ2) is 5.66. The maximum atomic E-state index is 11.7. The fourth-order valence-electron chi connectivity index (χ4n) is 1.11. The Labute approximate surface area is 108 Å². The third-order valence-corrected chi connectivity index (χ3v) is 3.10. The van der Waals surface area contributed by atoms with E-state index in [0.29, 0.717) is 10.7 Å². The van der Waals surface area contributed by atoms with Crippen LogP contribution >= 0.6 is 27.5 Å². The first kappa shape index (κ1) is 13.5. The summed E-state index contributed by atoms with van der Waals surface area (Å²) in [5, 5.41) is 3.36. The van der Waals surface area contributed by atoms with Gasteiger partial charge in [0, 0.05) is 9.50 Å². The van der Waals surface area contributed by atoms with Crippen molar-refractivity contribution in [1.82, 2.24) is 0 Å². The molecule has 16 heavy (non-hydrogen) atoms. The lowest BCUT2D eigenvalue weighted by atomic mass is 10.1. The average Bonchev–Trinajstić information content (AvgIpc) is 2.20. The second-order valence-electron chi connectivity index (χ2n) is 3.88. The van der Waals surface area contributed by atoms with E-state index >= 15 is 0 Å². The Morgan fingerprint density at radius 2 is 2.12 bits per heavy atom. The van der Waals surface area contributed by atoms with E-state index in [1.807, 2.05) is 13.8 Å². The van der Waals surface area contributed by atoms with Gasteiger partial charge in [-0.05, 0) is 40.0 Å². The molecular formula is C11H14BrClN2O. The minimum absolute atomic E-state index is 0.103. The van der Waals surface area contributed by atoms with Gasteiger partial charge in [-0.25, -0.2) is 0 Å². The first-order chi connectivity index (χ1) is 7.41. The minimum Gasteiger partial charge on any atom is -0.324 e. The van der Waals surface area contributed by atoms with Crippen molar-refractivity contribution in [3.05, 3.63) is 27.7 Å².